The number of benzene rings is 1. The van der Waals surface area contributed by atoms with Gasteiger partial charge in [0.25, 0.3) is 6.47 Å². The molecule has 0 atom stereocenters. The molecule has 1 rings (SSSR count). The third-order valence-electron chi connectivity index (χ3n) is 1.96. The first-order valence-electron chi connectivity index (χ1n) is 5.19. The van der Waals surface area contributed by atoms with E-state index in [0.29, 0.717) is 13.1 Å². The molecule has 0 spiro atoms. The van der Waals surface area contributed by atoms with Crippen molar-refractivity contribution in [3.05, 3.63) is 35.4 Å². The van der Waals surface area contributed by atoms with Crippen LogP contribution < -0.4 is 0 Å². The molecule has 17 heavy (non-hydrogen) atoms. The summed E-state index contributed by atoms with van der Waals surface area (Å²) >= 11 is 0. The Labute approximate surface area is 99.3 Å². The Morgan fingerprint density at radius 1 is 1.12 bits per heavy atom. The van der Waals surface area contributed by atoms with E-state index in [9.17, 15) is 9.59 Å². The molecule has 0 saturated heterocycles. The first-order chi connectivity index (χ1) is 8.26. The van der Waals surface area contributed by atoms with E-state index in [2.05, 4.69) is 9.47 Å². The van der Waals surface area contributed by atoms with Crippen molar-refractivity contribution in [3.8, 4) is 0 Å². The molecule has 0 N–H and O–H groups in total. The Morgan fingerprint density at radius 2 is 1.71 bits per heavy atom. The van der Waals surface area contributed by atoms with Crippen molar-refractivity contribution in [1.82, 2.24) is 0 Å². The Bertz CT molecular complexity index is 358. The van der Waals surface area contributed by atoms with Crippen molar-refractivity contribution >= 4 is 12.6 Å². The van der Waals surface area contributed by atoms with Crippen LogP contribution in [0.25, 0.3) is 0 Å². The van der Waals surface area contributed by atoms with Crippen LogP contribution in [0.2, 0.25) is 0 Å². The van der Waals surface area contributed by atoms with Crippen molar-refractivity contribution in [1.29, 1.82) is 0 Å². The van der Waals surface area contributed by atoms with Crippen LogP contribution >= 0.6 is 0 Å². The van der Waals surface area contributed by atoms with Gasteiger partial charge in [-0.3, -0.25) is 4.79 Å². The van der Waals surface area contributed by atoms with Crippen molar-refractivity contribution in [2.24, 2.45) is 0 Å². The van der Waals surface area contributed by atoms with Crippen LogP contribution in [-0.2, 0) is 32.2 Å². The molecular weight excluding hydrogens is 224 g/mol. The van der Waals surface area contributed by atoms with Gasteiger partial charge in [-0.25, -0.2) is 4.79 Å². The normalized spacial score (nSPS) is 9.47. The monoisotopic (exact) mass is 238 g/mol. The largest absolute Gasteiger partial charge is 0.508 e. The van der Waals surface area contributed by atoms with Crippen molar-refractivity contribution in [2.45, 2.75) is 20.1 Å². The zero-order valence-electron chi connectivity index (χ0n) is 9.55. The summed E-state index contributed by atoms with van der Waals surface area (Å²) in [4.78, 5) is 20.9. The lowest BCUT2D eigenvalue weighted by Crippen LogP contribution is -2.06. The molecule has 0 amide bonds. The first-order valence-corrected chi connectivity index (χ1v) is 5.19. The van der Waals surface area contributed by atoms with Gasteiger partial charge in [0.1, 0.15) is 13.2 Å². The van der Waals surface area contributed by atoms with Gasteiger partial charge in [0.15, 0.2) is 0 Å². The van der Waals surface area contributed by atoms with E-state index in [-0.39, 0.29) is 13.2 Å². The minimum absolute atomic E-state index is 0.160. The summed E-state index contributed by atoms with van der Waals surface area (Å²) in [7, 11) is 0. The van der Waals surface area contributed by atoms with E-state index < -0.39 is 6.16 Å². The van der Waals surface area contributed by atoms with E-state index in [1.54, 1.807) is 31.2 Å². The number of hydrogen-bond acceptors (Lipinski definition) is 5. The van der Waals surface area contributed by atoms with Gasteiger partial charge in [-0.1, -0.05) is 24.3 Å². The highest BCUT2D eigenvalue weighted by Crippen LogP contribution is 2.07. The molecule has 0 aromatic heterocycles. The van der Waals surface area contributed by atoms with Gasteiger partial charge >= 0.3 is 6.16 Å². The molecule has 0 aliphatic rings. The molecule has 0 unspecified atom stereocenters. The van der Waals surface area contributed by atoms with Gasteiger partial charge in [0.05, 0.1) is 6.61 Å². The van der Waals surface area contributed by atoms with Crippen molar-refractivity contribution in [3.63, 3.8) is 0 Å². The lowest BCUT2D eigenvalue weighted by Gasteiger charge is -2.05. The van der Waals surface area contributed by atoms with Crippen LogP contribution in [-0.4, -0.2) is 19.2 Å². The predicted molar refractivity (Wildman–Crippen MR) is 59.1 cm³/mol. The zero-order valence-corrected chi connectivity index (χ0v) is 9.55. The van der Waals surface area contributed by atoms with Crippen molar-refractivity contribution in [2.75, 3.05) is 6.61 Å². The third kappa shape index (κ3) is 5.01. The maximum atomic E-state index is 10.9. The SMILES string of the molecule is CCOC(=O)OCc1ccc(COC=O)cc1. The van der Waals surface area contributed by atoms with Gasteiger partial charge in [0, 0.05) is 0 Å². The van der Waals surface area contributed by atoms with E-state index in [4.69, 9.17) is 4.74 Å². The fourth-order valence-corrected chi connectivity index (χ4v) is 1.16. The van der Waals surface area contributed by atoms with E-state index in [1.807, 2.05) is 0 Å². The summed E-state index contributed by atoms with van der Waals surface area (Å²) in [6, 6.07) is 7.19. The number of carbonyl (C=O) groups is 2. The van der Waals surface area contributed by atoms with Crippen LogP contribution in [0.5, 0.6) is 0 Å². The van der Waals surface area contributed by atoms with Crippen LogP contribution in [0, 0.1) is 0 Å². The third-order valence-corrected chi connectivity index (χ3v) is 1.96. The Balaban J connectivity index is 2.39. The summed E-state index contributed by atoms with van der Waals surface area (Å²) in [5.74, 6) is 0. The number of hydrogen-bond donors (Lipinski definition) is 0. The molecule has 0 saturated carbocycles. The van der Waals surface area contributed by atoms with Gasteiger partial charge in [0.2, 0.25) is 0 Å². The summed E-state index contributed by atoms with van der Waals surface area (Å²) in [5, 5.41) is 0. The summed E-state index contributed by atoms with van der Waals surface area (Å²) in [6.07, 6.45) is -0.680. The molecule has 0 heterocycles. The zero-order chi connectivity index (χ0) is 12.5. The predicted octanol–water partition coefficient (Wildman–Crippen LogP) is 2.03. The minimum atomic E-state index is -0.680. The molecule has 0 bridgehead atoms. The first kappa shape index (κ1) is 13.0. The highest BCUT2D eigenvalue weighted by molar-refractivity contribution is 5.59. The fourth-order valence-electron chi connectivity index (χ4n) is 1.16. The summed E-state index contributed by atoms with van der Waals surface area (Å²) in [5.41, 5.74) is 1.71. The van der Waals surface area contributed by atoms with E-state index in [0.717, 1.165) is 11.1 Å². The van der Waals surface area contributed by atoms with Gasteiger partial charge in [-0.15, -0.1) is 0 Å². The number of carbonyl (C=O) groups excluding carboxylic acids is 2. The topological polar surface area (TPSA) is 61.8 Å². The molecule has 5 heteroatoms. The molecule has 0 radical (unpaired) electrons. The molecule has 0 fully saturated rings. The summed E-state index contributed by atoms with van der Waals surface area (Å²) < 4.78 is 14.1. The van der Waals surface area contributed by atoms with Gasteiger partial charge in [-0.2, -0.15) is 0 Å². The van der Waals surface area contributed by atoms with E-state index in [1.165, 1.54) is 0 Å². The smallest absolute Gasteiger partial charge is 0.463 e. The highest BCUT2D eigenvalue weighted by Gasteiger charge is 2.02. The second-order valence-electron chi connectivity index (χ2n) is 3.20. The molecule has 0 aliphatic carbocycles. The van der Waals surface area contributed by atoms with Crippen LogP contribution in [0.3, 0.4) is 0 Å². The van der Waals surface area contributed by atoms with Gasteiger partial charge < -0.3 is 14.2 Å². The summed E-state index contributed by atoms with van der Waals surface area (Å²) in [6.45, 7) is 2.80. The number of rotatable bonds is 6. The van der Waals surface area contributed by atoms with Gasteiger partial charge in [-0.05, 0) is 18.1 Å². The second-order valence-corrected chi connectivity index (χ2v) is 3.20. The highest BCUT2D eigenvalue weighted by atomic mass is 16.7. The Morgan fingerprint density at radius 3 is 2.24 bits per heavy atom. The number of ether oxygens (including phenoxy) is 3. The Kier molecular flexibility index (Phi) is 5.57. The standard InChI is InChI=1S/C12H14O5/c1-2-16-12(14)17-8-11-5-3-10(4-6-11)7-15-9-13/h3-6,9H,2,7-8H2,1H3. The Hall–Kier alpha value is -2.04. The quantitative estimate of drug-likeness (QED) is 0.560. The molecule has 1 aromatic rings. The maximum Gasteiger partial charge on any atom is 0.508 e. The van der Waals surface area contributed by atoms with Crippen LogP contribution in [0.15, 0.2) is 24.3 Å². The van der Waals surface area contributed by atoms with E-state index >= 15 is 0 Å². The average Bonchev–Trinajstić information content (AvgIpc) is 2.35. The van der Waals surface area contributed by atoms with Crippen molar-refractivity contribution < 1.29 is 23.8 Å². The van der Waals surface area contributed by atoms with Crippen LogP contribution in [0.4, 0.5) is 4.79 Å². The molecule has 0 aliphatic heterocycles. The lowest BCUT2D eigenvalue weighted by molar-refractivity contribution is -0.129. The molecule has 1 aromatic carbocycles. The lowest BCUT2D eigenvalue weighted by atomic mass is 10.1. The van der Waals surface area contributed by atoms with Crippen LogP contribution in [0.1, 0.15) is 18.1 Å². The molecule has 92 valence electrons. The fraction of sp³-hybridized carbons (Fsp3) is 0.333. The average molecular weight is 238 g/mol. The molecular formula is C12H14O5. The maximum absolute atomic E-state index is 10.9. The molecule has 5 nitrogen and oxygen atoms in total. The second kappa shape index (κ2) is 7.27. The minimum Gasteiger partial charge on any atom is -0.463 e.